The monoisotopic (exact) mass is 288 g/mol. The first-order valence-corrected chi connectivity index (χ1v) is 6.31. The summed E-state index contributed by atoms with van der Waals surface area (Å²) in [5.74, 6) is 0.111. The number of amides is 1. The molecule has 5 heteroatoms. The van der Waals surface area contributed by atoms with Crippen LogP contribution in [0.3, 0.4) is 0 Å². The van der Waals surface area contributed by atoms with Crippen molar-refractivity contribution in [2.24, 2.45) is 0 Å². The first kappa shape index (κ1) is 15.3. The molecule has 1 aromatic rings. The molecular weight excluding hydrogens is 271 g/mol. The molecule has 3 nitrogen and oxygen atoms in total. The normalized spacial score (nSPS) is 18.6. The molecule has 0 aromatic heterocycles. The number of nitrogens with one attached hydrogen (secondary N) is 1. The predicted octanol–water partition coefficient (Wildman–Crippen LogP) is 2.59. The van der Waals surface area contributed by atoms with Gasteiger partial charge in [0.05, 0.1) is 0 Å². The summed E-state index contributed by atoms with van der Waals surface area (Å²) in [6.45, 7) is 1.72. The second-order valence-corrected chi connectivity index (χ2v) is 4.80. The van der Waals surface area contributed by atoms with Gasteiger partial charge in [0.15, 0.2) is 0 Å². The second-order valence-electron chi connectivity index (χ2n) is 4.36. The molecular formula is C13H18Cl2N2O. The number of carbonyl (C=O) groups is 1. The third-order valence-corrected chi connectivity index (χ3v) is 3.42. The fourth-order valence-corrected chi connectivity index (χ4v) is 2.44. The molecule has 0 aliphatic carbocycles. The Balaban J connectivity index is 0.00000162. The smallest absolute Gasteiger partial charge is 0.254 e. The van der Waals surface area contributed by atoms with Crippen LogP contribution in [-0.2, 0) is 0 Å². The third kappa shape index (κ3) is 3.37. The summed E-state index contributed by atoms with van der Waals surface area (Å²) in [4.78, 5) is 14.3. The number of hydrogen-bond acceptors (Lipinski definition) is 2. The quantitative estimate of drug-likeness (QED) is 0.927. The Labute approximate surface area is 119 Å². The van der Waals surface area contributed by atoms with Gasteiger partial charge in [0.25, 0.3) is 5.91 Å². The molecule has 1 N–H and O–H groups in total. The Bertz CT molecular complexity index is 394. The van der Waals surface area contributed by atoms with E-state index >= 15 is 0 Å². The Morgan fingerprint density at radius 1 is 1.44 bits per heavy atom. The van der Waals surface area contributed by atoms with E-state index in [0.29, 0.717) is 11.1 Å². The van der Waals surface area contributed by atoms with E-state index in [-0.39, 0.29) is 18.3 Å². The van der Waals surface area contributed by atoms with E-state index in [1.807, 2.05) is 11.9 Å². The Kier molecular flexibility index (Phi) is 5.93. The average Bonchev–Trinajstić information content (AvgIpc) is 2.78. The highest BCUT2D eigenvalue weighted by atomic mass is 35.5. The number of halogens is 2. The standard InChI is InChI=1S/C13H17ClN2O.ClH/c1-15-9-12-3-2-8-16(12)13(17)10-4-6-11(14)7-5-10;/h4-7,12,15H,2-3,8-9H2,1H3;1H. The predicted molar refractivity (Wildman–Crippen MR) is 76.7 cm³/mol. The highest BCUT2D eigenvalue weighted by molar-refractivity contribution is 6.30. The second kappa shape index (κ2) is 6.98. The molecule has 2 rings (SSSR count). The minimum Gasteiger partial charge on any atom is -0.334 e. The van der Waals surface area contributed by atoms with Crippen LogP contribution >= 0.6 is 24.0 Å². The van der Waals surface area contributed by atoms with Gasteiger partial charge in [-0.2, -0.15) is 0 Å². The van der Waals surface area contributed by atoms with E-state index in [2.05, 4.69) is 5.32 Å². The van der Waals surface area contributed by atoms with Gasteiger partial charge in [0.1, 0.15) is 0 Å². The lowest BCUT2D eigenvalue weighted by molar-refractivity contribution is 0.0737. The summed E-state index contributed by atoms with van der Waals surface area (Å²) in [5.41, 5.74) is 0.720. The van der Waals surface area contributed by atoms with Crippen molar-refractivity contribution in [3.8, 4) is 0 Å². The van der Waals surface area contributed by atoms with Crippen LogP contribution < -0.4 is 5.32 Å². The lowest BCUT2D eigenvalue weighted by Gasteiger charge is -2.24. The maximum Gasteiger partial charge on any atom is 0.254 e. The first-order chi connectivity index (χ1) is 8.22. The summed E-state index contributed by atoms with van der Waals surface area (Å²) in [7, 11) is 1.92. The number of nitrogens with zero attached hydrogens (tertiary/aromatic N) is 1. The zero-order chi connectivity index (χ0) is 12.3. The largest absolute Gasteiger partial charge is 0.334 e. The van der Waals surface area contributed by atoms with Crippen molar-refractivity contribution in [2.45, 2.75) is 18.9 Å². The summed E-state index contributed by atoms with van der Waals surface area (Å²) in [6, 6.07) is 7.43. The Morgan fingerprint density at radius 3 is 2.72 bits per heavy atom. The maximum atomic E-state index is 12.3. The van der Waals surface area contributed by atoms with Crippen LogP contribution in [-0.4, -0.2) is 37.0 Å². The Morgan fingerprint density at radius 2 is 2.11 bits per heavy atom. The molecule has 1 atom stereocenters. The van der Waals surface area contributed by atoms with Gasteiger partial charge in [-0.25, -0.2) is 0 Å². The summed E-state index contributed by atoms with van der Waals surface area (Å²) >= 11 is 5.82. The van der Waals surface area contributed by atoms with Crippen LogP contribution in [0.4, 0.5) is 0 Å². The van der Waals surface area contributed by atoms with E-state index in [0.717, 1.165) is 31.5 Å². The number of rotatable bonds is 3. The van der Waals surface area contributed by atoms with E-state index in [1.165, 1.54) is 0 Å². The van der Waals surface area contributed by atoms with Crippen LogP contribution in [0.5, 0.6) is 0 Å². The molecule has 1 aliphatic heterocycles. The van der Waals surface area contributed by atoms with Crippen LogP contribution in [0, 0.1) is 0 Å². The van der Waals surface area contributed by atoms with Gasteiger partial charge in [-0.05, 0) is 44.2 Å². The van der Waals surface area contributed by atoms with Gasteiger partial charge in [-0.3, -0.25) is 4.79 Å². The van der Waals surface area contributed by atoms with Crippen LogP contribution in [0.25, 0.3) is 0 Å². The fourth-order valence-electron chi connectivity index (χ4n) is 2.31. The van der Waals surface area contributed by atoms with Gasteiger partial charge in [-0.15, -0.1) is 12.4 Å². The third-order valence-electron chi connectivity index (χ3n) is 3.17. The molecule has 1 amide bonds. The van der Waals surface area contributed by atoms with Crippen molar-refractivity contribution in [1.29, 1.82) is 0 Å². The topological polar surface area (TPSA) is 32.3 Å². The molecule has 100 valence electrons. The highest BCUT2D eigenvalue weighted by Crippen LogP contribution is 2.20. The van der Waals surface area contributed by atoms with Gasteiger partial charge < -0.3 is 10.2 Å². The minimum absolute atomic E-state index is 0. The SMILES string of the molecule is CNCC1CCCN1C(=O)c1ccc(Cl)cc1.Cl. The number of likely N-dealkylation sites (tertiary alicyclic amines) is 1. The first-order valence-electron chi connectivity index (χ1n) is 5.93. The van der Waals surface area contributed by atoms with Crippen molar-refractivity contribution in [3.05, 3.63) is 34.9 Å². The van der Waals surface area contributed by atoms with Crippen LogP contribution in [0.1, 0.15) is 23.2 Å². The van der Waals surface area contributed by atoms with Crippen LogP contribution in [0.2, 0.25) is 5.02 Å². The number of likely N-dealkylation sites (N-methyl/N-ethyl adjacent to an activating group) is 1. The molecule has 0 saturated carbocycles. The van der Waals surface area contributed by atoms with Gasteiger partial charge in [0, 0.05) is 29.7 Å². The zero-order valence-corrected chi connectivity index (χ0v) is 11.9. The number of benzene rings is 1. The van der Waals surface area contributed by atoms with Crippen molar-refractivity contribution < 1.29 is 4.79 Å². The summed E-state index contributed by atoms with van der Waals surface area (Å²) < 4.78 is 0. The zero-order valence-electron chi connectivity index (χ0n) is 10.4. The van der Waals surface area contributed by atoms with Crippen molar-refractivity contribution >= 4 is 29.9 Å². The molecule has 1 saturated heterocycles. The van der Waals surface area contributed by atoms with Gasteiger partial charge in [-0.1, -0.05) is 11.6 Å². The van der Waals surface area contributed by atoms with Gasteiger partial charge >= 0.3 is 0 Å². The molecule has 0 radical (unpaired) electrons. The van der Waals surface area contributed by atoms with Crippen molar-refractivity contribution in [3.63, 3.8) is 0 Å². The average molecular weight is 289 g/mol. The number of hydrogen-bond donors (Lipinski definition) is 1. The lowest BCUT2D eigenvalue weighted by atomic mass is 10.1. The maximum absolute atomic E-state index is 12.3. The molecule has 1 unspecified atom stereocenters. The highest BCUT2D eigenvalue weighted by Gasteiger charge is 2.28. The van der Waals surface area contributed by atoms with E-state index < -0.39 is 0 Å². The molecule has 0 bridgehead atoms. The molecule has 0 spiro atoms. The summed E-state index contributed by atoms with van der Waals surface area (Å²) in [5, 5.41) is 3.80. The molecule has 1 aromatic carbocycles. The van der Waals surface area contributed by atoms with Gasteiger partial charge in [0.2, 0.25) is 0 Å². The lowest BCUT2D eigenvalue weighted by Crippen LogP contribution is -2.40. The molecule has 1 fully saturated rings. The van der Waals surface area contributed by atoms with E-state index in [9.17, 15) is 4.79 Å². The van der Waals surface area contributed by atoms with Crippen molar-refractivity contribution in [2.75, 3.05) is 20.1 Å². The molecule has 18 heavy (non-hydrogen) atoms. The fraction of sp³-hybridized carbons (Fsp3) is 0.462. The molecule has 1 heterocycles. The van der Waals surface area contributed by atoms with E-state index in [1.54, 1.807) is 24.3 Å². The summed E-state index contributed by atoms with van der Waals surface area (Å²) in [6.07, 6.45) is 2.17. The Hall–Kier alpha value is -0.770. The minimum atomic E-state index is 0. The van der Waals surface area contributed by atoms with Crippen LogP contribution in [0.15, 0.2) is 24.3 Å². The van der Waals surface area contributed by atoms with Crippen molar-refractivity contribution in [1.82, 2.24) is 10.2 Å². The molecule has 1 aliphatic rings. The number of carbonyl (C=O) groups excluding carboxylic acids is 1. The van der Waals surface area contributed by atoms with E-state index in [4.69, 9.17) is 11.6 Å².